The first-order valence-electron chi connectivity index (χ1n) is 8.04. The van der Waals surface area contributed by atoms with E-state index in [9.17, 15) is 4.79 Å². The average molecular weight is 296 g/mol. The van der Waals surface area contributed by atoms with Gasteiger partial charge >= 0.3 is 0 Å². The number of thioether (sulfide) groups is 1. The van der Waals surface area contributed by atoms with Crippen molar-refractivity contribution in [2.75, 3.05) is 18.1 Å². The number of carbonyl (C=O) groups excluding carboxylic acids is 1. The van der Waals surface area contributed by atoms with Crippen LogP contribution < -0.4 is 10.6 Å². The third-order valence-corrected chi connectivity index (χ3v) is 7.69. The van der Waals surface area contributed by atoms with Crippen LogP contribution in [0.2, 0.25) is 0 Å². The molecule has 3 nitrogen and oxygen atoms in total. The van der Waals surface area contributed by atoms with Gasteiger partial charge in [-0.15, -0.1) is 0 Å². The van der Waals surface area contributed by atoms with Crippen LogP contribution in [-0.4, -0.2) is 36.0 Å². The van der Waals surface area contributed by atoms with Gasteiger partial charge < -0.3 is 10.6 Å². The van der Waals surface area contributed by atoms with Gasteiger partial charge in [-0.25, -0.2) is 0 Å². The van der Waals surface area contributed by atoms with E-state index < -0.39 is 0 Å². The number of amides is 1. The van der Waals surface area contributed by atoms with Gasteiger partial charge in [0.25, 0.3) is 0 Å². The molecule has 1 heterocycles. The minimum atomic E-state index is 0.250. The minimum absolute atomic E-state index is 0.250. The van der Waals surface area contributed by atoms with Gasteiger partial charge in [-0.3, -0.25) is 4.79 Å². The van der Waals surface area contributed by atoms with E-state index in [1.54, 1.807) is 0 Å². The highest BCUT2D eigenvalue weighted by atomic mass is 32.2. The Morgan fingerprint density at radius 2 is 2.20 bits per heavy atom. The first kappa shape index (κ1) is 14.7. The molecule has 2 aliphatic carbocycles. The van der Waals surface area contributed by atoms with Crippen LogP contribution in [0.25, 0.3) is 0 Å². The van der Waals surface area contributed by atoms with E-state index in [0.717, 1.165) is 18.2 Å². The molecule has 3 rings (SSSR count). The summed E-state index contributed by atoms with van der Waals surface area (Å²) in [4.78, 5) is 12.3. The second-order valence-corrected chi connectivity index (χ2v) is 8.81. The maximum atomic E-state index is 12.3. The quantitative estimate of drug-likeness (QED) is 0.840. The Morgan fingerprint density at radius 1 is 1.40 bits per heavy atom. The molecular formula is C16H28N2OS. The molecule has 4 atom stereocenters. The lowest BCUT2D eigenvalue weighted by Gasteiger charge is -2.39. The normalized spacial score (nSPS) is 42.6. The van der Waals surface area contributed by atoms with Crippen LogP contribution in [0.15, 0.2) is 0 Å². The van der Waals surface area contributed by atoms with E-state index in [-0.39, 0.29) is 5.91 Å². The fraction of sp³-hybridized carbons (Fsp3) is 0.938. The summed E-state index contributed by atoms with van der Waals surface area (Å²) in [6.07, 6.45) is 4.44. The fourth-order valence-electron chi connectivity index (χ4n) is 4.65. The molecule has 1 amide bonds. The van der Waals surface area contributed by atoms with Gasteiger partial charge in [-0.05, 0) is 36.0 Å². The molecule has 1 saturated heterocycles. The van der Waals surface area contributed by atoms with Gasteiger partial charge in [0.15, 0.2) is 0 Å². The number of hydrogen-bond donors (Lipinski definition) is 2. The van der Waals surface area contributed by atoms with Crippen molar-refractivity contribution in [3.05, 3.63) is 0 Å². The summed E-state index contributed by atoms with van der Waals surface area (Å²) in [5.41, 5.74) is 0.673. The Hall–Kier alpha value is -0.220. The standard InChI is InChI=1S/C16H28N2OS/c1-15(2)11-4-5-16(15,3)13(8-11)18-14(19)9-12-10-20-7-6-17-12/h11-13,17H,4-10H2,1-3H3,(H,18,19). The lowest BCUT2D eigenvalue weighted by molar-refractivity contribution is -0.123. The van der Waals surface area contributed by atoms with Crippen molar-refractivity contribution in [1.82, 2.24) is 10.6 Å². The smallest absolute Gasteiger partial charge is 0.221 e. The zero-order valence-corrected chi connectivity index (χ0v) is 13.8. The molecular weight excluding hydrogens is 268 g/mol. The summed E-state index contributed by atoms with van der Waals surface area (Å²) in [7, 11) is 0. The molecule has 114 valence electrons. The monoisotopic (exact) mass is 296 g/mol. The third kappa shape index (κ3) is 2.29. The van der Waals surface area contributed by atoms with Gasteiger partial charge in [0.2, 0.25) is 5.91 Å². The van der Waals surface area contributed by atoms with E-state index in [1.807, 2.05) is 11.8 Å². The van der Waals surface area contributed by atoms with Crippen molar-refractivity contribution in [2.45, 2.75) is 58.5 Å². The summed E-state index contributed by atoms with van der Waals surface area (Å²) in [6, 6.07) is 0.758. The van der Waals surface area contributed by atoms with Crippen LogP contribution in [-0.2, 0) is 4.79 Å². The molecule has 4 heteroatoms. The molecule has 4 unspecified atom stereocenters. The summed E-state index contributed by atoms with van der Waals surface area (Å²) >= 11 is 1.96. The van der Waals surface area contributed by atoms with Crippen molar-refractivity contribution >= 4 is 17.7 Å². The van der Waals surface area contributed by atoms with E-state index in [0.29, 0.717) is 29.3 Å². The number of nitrogens with one attached hydrogen (secondary N) is 2. The minimum Gasteiger partial charge on any atom is -0.353 e. The Labute approximate surface area is 127 Å². The van der Waals surface area contributed by atoms with Crippen LogP contribution >= 0.6 is 11.8 Å². The first-order valence-corrected chi connectivity index (χ1v) is 9.19. The van der Waals surface area contributed by atoms with Gasteiger partial charge in [-0.1, -0.05) is 20.8 Å². The molecule has 0 aromatic carbocycles. The van der Waals surface area contributed by atoms with Crippen molar-refractivity contribution in [2.24, 2.45) is 16.7 Å². The number of hydrogen-bond acceptors (Lipinski definition) is 3. The zero-order chi connectivity index (χ0) is 14.4. The Kier molecular flexibility index (Phi) is 3.83. The van der Waals surface area contributed by atoms with Crippen LogP contribution in [0.3, 0.4) is 0 Å². The third-order valence-electron chi connectivity index (χ3n) is 6.56. The lowest BCUT2D eigenvalue weighted by Crippen LogP contribution is -2.49. The summed E-state index contributed by atoms with van der Waals surface area (Å²) in [6.45, 7) is 8.23. The zero-order valence-electron chi connectivity index (χ0n) is 13.0. The maximum absolute atomic E-state index is 12.3. The Balaban J connectivity index is 1.57. The van der Waals surface area contributed by atoms with E-state index in [1.165, 1.54) is 25.0 Å². The second kappa shape index (κ2) is 5.20. The predicted molar refractivity (Wildman–Crippen MR) is 84.9 cm³/mol. The number of rotatable bonds is 3. The van der Waals surface area contributed by atoms with Crippen LogP contribution in [0.1, 0.15) is 46.5 Å². The Morgan fingerprint density at radius 3 is 2.75 bits per heavy atom. The number of carbonyl (C=O) groups is 1. The summed E-state index contributed by atoms with van der Waals surface area (Å²) in [5, 5.41) is 6.82. The molecule has 0 radical (unpaired) electrons. The molecule has 2 saturated carbocycles. The molecule has 3 fully saturated rings. The van der Waals surface area contributed by atoms with Gasteiger partial charge in [0.05, 0.1) is 0 Å². The lowest BCUT2D eigenvalue weighted by atomic mass is 9.69. The van der Waals surface area contributed by atoms with Crippen LogP contribution in [0.5, 0.6) is 0 Å². The summed E-state index contributed by atoms with van der Waals surface area (Å²) < 4.78 is 0. The highest BCUT2D eigenvalue weighted by Gasteiger charge is 2.61. The average Bonchev–Trinajstić information content (AvgIpc) is 2.73. The molecule has 2 bridgehead atoms. The largest absolute Gasteiger partial charge is 0.353 e. The Bertz CT molecular complexity index is 392. The van der Waals surface area contributed by atoms with E-state index >= 15 is 0 Å². The highest BCUT2D eigenvalue weighted by molar-refractivity contribution is 7.99. The molecule has 1 aliphatic heterocycles. The molecule has 2 N–H and O–H groups in total. The second-order valence-electron chi connectivity index (χ2n) is 7.66. The maximum Gasteiger partial charge on any atom is 0.221 e. The van der Waals surface area contributed by atoms with Gasteiger partial charge in [0.1, 0.15) is 0 Å². The molecule has 0 aromatic rings. The molecule has 20 heavy (non-hydrogen) atoms. The molecule has 0 aromatic heterocycles. The van der Waals surface area contributed by atoms with Crippen molar-refractivity contribution in [1.29, 1.82) is 0 Å². The van der Waals surface area contributed by atoms with Gasteiger partial charge in [-0.2, -0.15) is 11.8 Å². The van der Waals surface area contributed by atoms with Crippen LogP contribution in [0, 0.1) is 16.7 Å². The fourth-order valence-corrected chi connectivity index (χ4v) is 5.60. The topological polar surface area (TPSA) is 41.1 Å². The van der Waals surface area contributed by atoms with E-state index in [4.69, 9.17) is 0 Å². The van der Waals surface area contributed by atoms with E-state index in [2.05, 4.69) is 31.4 Å². The van der Waals surface area contributed by atoms with Crippen LogP contribution in [0.4, 0.5) is 0 Å². The van der Waals surface area contributed by atoms with Crippen molar-refractivity contribution in [3.8, 4) is 0 Å². The highest BCUT2D eigenvalue weighted by Crippen LogP contribution is 2.65. The molecule has 0 spiro atoms. The summed E-state index contributed by atoms with van der Waals surface area (Å²) in [5.74, 6) is 3.29. The van der Waals surface area contributed by atoms with Crippen molar-refractivity contribution < 1.29 is 4.79 Å². The SMILES string of the molecule is CC1(C)C2CCC1(C)C(NC(=O)CC1CSCCN1)C2. The van der Waals surface area contributed by atoms with Gasteiger partial charge in [0, 0.05) is 36.6 Å². The first-order chi connectivity index (χ1) is 9.43. The van der Waals surface area contributed by atoms with Crippen molar-refractivity contribution in [3.63, 3.8) is 0 Å². The predicted octanol–water partition coefficient (Wildman–Crippen LogP) is 2.41. The molecule has 3 aliphatic rings. The number of fused-ring (bicyclic) bond motifs is 2.